The van der Waals surface area contributed by atoms with Gasteiger partial charge in [-0.05, 0) is 48.8 Å². The number of fused-ring (bicyclic) bond motifs is 1. The molecule has 0 aliphatic carbocycles. The number of nitrogens with two attached hydrogens (primary N) is 1. The smallest absolute Gasteiger partial charge is 0.382 e. The van der Waals surface area contributed by atoms with Crippen LogP contribution >= 0.6 is 11.6 Å². The zero-order valence-electron chi connectivity index (χ0n) is 20.2. The molecular weight excluding hydrogens is 497 g/mol. The van der Waals surface area contributed by atoms with Crippen LogP contribution in [0.1, 0.15) is 27.2 Å². The molecule has 1 amide bonds. The highest BCUT2D eigenvalue weighted by molar-refractivity contribution is 6.29. The molecule has 2 aromatic carbocycles. The number of nitrogens with one attached hydrogen (secondary N) is 1. The normalized spacial score (nSPS) is 14.3. The summed E-state index contributed by atoms with van der Waals surface area (Å²) < 4.78 is 91.8. The number of hydrogen-bond acceptors (Lipinski definition) is 5. The number of nitrogens with zero attached hydrogens (tertiary/aromatic N) is 3. The Bertz CT molecular complexity index is 1580. The predicted octanol–water partition coefficient (Wildman–Crippen LogP) is 4.91. The van der Waals surface area contributed by atoms with Gasteiger partial charge in [-0.3, -0.25) is 9.20 Å². The average molecular weight is 515 g/mol. The summed E-state index contributed by atoms with van der Waals surface area (Å²) in [6, 6.07) is 4.24. The summed E-state index contributed by atoms with van der Waals surface area (Å²) in [6.07, 6.45) is -6.05. The quantitative estimate of drug-likeness (QED) is 0.336. The number of aromatic nitrogens is 3. The standard InChI is InChI=1S/C22H15ClF5N5O2/c1-9-31-17(18-20(29)30-8-16(23)33(9)18)14-3-2-13(7-15(14)25)32-21(35)19(34)10-4-11(22(26,27)28)6-12(24)5-10/h2-8,19,34H,1H3,(H2,29,30)(H,32,35)/i1D3. The number of aryl methyl sites for hydroxylation is 1. The number of carbonyl (C=O) groups excluding carboxylic acids is 1. The molecular formula is C22H15ClF5N5O2. The number of aliphatic hydroxyl groups excluding tert-OH is 1. The van der Waals surface area contributed by atoms with Crippen LogP contribution in [0.3, 0.4) is 0 Å². The summed E-state index contributed by atoms with van der Waals surface area (Å²) >= 11 is 6.09. The Morgan fingerprint density at radius 3 is 2.66 bits per heavy atom. The maximum Gasteiger partial charge on any atom is 0.416 e. The van der Waals surface area contributed by atoms with Gasteiger partial charge in [0.2, 0.25) is 0 Å². The Kier molecular flexibility index (Phi) is 5.17. The molecule has 1 atom stereocenters. The van der Waals surface area contributed by atoms with Crippen molar-refractivity contribution in [1.29, 1.82) is 0 Å². The second-order valence-electron chi connectivity index (χ2n) is 7.29. The molecule has 182 valence electrons. The summed E-state index contributed by atoms with van der Waals surface area (Å²) in [4.78, 5) is 20.3. The highest BCUT2D eigenvalue weighted by Crippen LogP contribution is 2.34. The number of amides is 1. The minimum absolute atomic E-state index is 0.0821. The van der Waals surface area contributed by atoms with Crippen molar-refractivity contribution >= 4 is 34.5 Å². The first-order valence-corrected chi connectivity index (χ1v) is 9.95. The fraction of sp³-hybridized carbons (Fsp3) is 0.136. The molecule has 0 saturated heterocycles. The minimum Gasteiger partial charge on any atom is -0.382 e. The van der Waals surface area contributed by atoms with E-state index in [1.807, 2.05) is 0 Å². The number of halogens is 6. The van der Waals surface area contributed by atoms with Crippen molar-refractivity contribution < 1.29 is 36.0 Å². The number of carbonyl (C=O) groups is 1. The SMILES string of the molecule is [2H]C([2H])([2H])c1nc(-c2ccc(NC(=O)C(O)c3cc(F)cc(C(F)(F)F)c3)cc2F)c2c(N)ncc(Cl)n12. The van der Waals surface area contributed by atoms with Crippen LogP contribution in [-0.4, -0.2) is 25.4 Å². The predicted molar refractivity (Wildman–Crippen MR) is 118 cm³/mol. The summed E-state index contributed by atoms with van der Waals surface area (Å²) in [5.41, 5.74) is 3.04. The monoisotopic (exact) mass is 514 g/mol. The van der Waals surface area contributed by atoms with E-state index < -0.39 is 53.6 Å². The number of benzene rings is 2. The molecule has 0 fully saturated rings. The van der Waals surface area contributed by atoms with E-state index >= 15 is 4.39 Å². The van der Waals surface area contributed by atoms with Crippen molar-refractivity contribution in [2.24, 2.45) is 0 Å². The average Bonchev–Trinajstić information content (AvgIpc) is 3.22. The van der Waals surface area contributed by atoms with Gasteiger partial charge >= 0.3 is 6.18 Å². The number of aliphatic hydroxyl groups is 1. The number of rotatable bonds is 4. The van der Waals surface area contributed by atoms with E-state index in [1.54, 1.807) is 0 Å². The Morgan fingerprint density at radius 2 is 2.00 bits per heavy atom. The van der Waals surface area contributed by atoms with Crippen molar-refractivity contribution in [2.45, 2.75) is 19.1 Å². The van der Waals surface area contributed by atoms with Gasteiger partial charge in [0.25, 0.3) is 5.91 Å². The third-order valence-corrected chi connectivity index (χ3v) is 5.21. The molecule has 0 aliphatic rings. The summed E-state index contributed by atoms with van der Waals surface area (Å²) in [6.45, 7) is -2.76. The van der Waals surface area contributed by atoms with E-state index in [0.29, 0.717) is 12.1 Å². The first kappa shape index (κ1) is 20.6. The first-order chi connectivity index (χ1) is 17.6. The van der Waals surface area contributed by atoms with E-state index in [0.717, 1.165) is 28.8 Å². The third-order valence-electron chi connectivity index (χ3n) is 4.95. The fourth-order valence-electron chi connectivity index (χ4n) is 3.37. The van der Waals surface area contributed by atoms with Crippen LogP contribution in [0.2, 0.25) is 5.15 Å². The topological polar surface area (TPSA) is 106 Å². The minimum atomic E-state index is -4.92. The van der Waals surface area contributed by atoms with Crippen molar-refractivity contribution in [3.8, 4) is 11.3 Å². The summed E-state index contributed by atoms with van der Waals surface area (Å²) in [5.74, 6) is -4.31. The highest BCUT2D eigenvalue weighted by atomic mass is 35.5. The molecule has 2 heterocycles. The van der Waals surface area contributed by atoms with Crippen LogP contribution in [-0.2, 0) is 11.0 Å². The Hall–Kier alpha value is -3.77. The van der Waals surface area contributed by atoms with E-state index in [9.17, 15) is 27.5 Å². The van der Waals surface area contributed by atoms with E-state index in [2.05, 4.69) is 15.3 Å². The third kappa shape index (κ3) is 4.62. The lowest BCUT2D eigenvalue weighted by atomic mass is 10.0. The van der Waals surface area contributed by atoms with Crippen molar-refractivity contribution in [3.63, 3.8) is 0 Å². The Balaban J connectivity index is 1.68. The van der Waals surface area contributed by atoms with Gasteiger partial charge in [0, 0.05) is 15.4 Å². The maximum atomic E-state index is 15.1. The number of imidazole rings is 1. The lowest BCUT2D eigenvalue weighted by Gasteiger charge is -2.15. The molecule has 4 rings (SSSR count). The van der Waals surface area contributed by atoms with Gasteiger partial charge in [-0.15, -0.1) is 0 Å². The first-order valence-electron chi connectivity index (χ1n) is 11.1. The summed E-state index contributed by atoms with van der Waals surface area (Å²) in [5, 5.41) is 12.2. The van der Waals surface area contributed by atoms with E-state index in [-0.39, 0.29) is 39.5 Å². The zero-order chi connectivity index (χ0) is 28.2. The molecule has 7 nitrogen and oxygen atoms in total. The van der Waals surface area contributed by atoms with Crippen LogP contribution < -0.4 is 11.1 Å². The van der Waals surface area contributed by atoms with Gasteiger partial charge < -0.3 is 16.2 Å². The molecule has 0 spiro atoms. The van der Waals surface area contributed by atoms with Crippen molar-refractivity contribution in [1.82, 2.24) is 14.4 Å². The van der Waals surface area contributed by atoms with Crippen molar-refractivity contribution in [3.05, 3.63) is 76.3 Å². The Labute approximate surface area is 203 Å². The van der Waals surface area contributed by atoms with Gasteiger partial charge in [0.1, 0.15) is 39.6 Å². The fourth-order valence-corrected chi connectivity index (χ4v) is 3.59. The lowest BCUT2D eigenvalue weighted by Crippen LogP contribution is -2.21. The largest absolute Gasteiger partial charge is 0.416 e. The summed E-state index contributed by atoms with van der Waals surface area (Å²) in [7, 11) is 0. The van der Waals surface area contributed by atoms with Crippen LogP contribution in [0.15, 0.2) is 42.6 Å². The molecule has 0 bridgehead atoms. The lowest BCUT2D eigenvalue weighted by molar-refractivity contribution is -0.138. The van der Waals surface area contributed by atoms with E-state index in [4.69, 9.17) is 21.4 Å². The molecule has 0 radical (unpaired) electrons. The molecule has 1 unspecified atom stereocenters. The van der Waals surface area contributed by atoms with Gasteiger partial charge in [-0.25, -0.2) is 18.7 Å². The van der Waals surface area contributed by atoms with Gasteiger partial charge in [0.05, 0.1) is 11.8 Å². The van der Waals surface area contributed by atoms with Gasteiger partial charge in [-0.2, -0.15) is 13.2 Å². The molecule has 0 saturated carbocycles. The second-order valence-corrected chi connectivity index (χ2v) is 7.68. The van der Waals surface area contributed by atoms with Gasteiger partial charge in [-0.1, -0.05) is 11.6 Å². The molecule has 4 aromatic rings. The number of alkyl halides is 3. The second kappa shape index (κ2) is 8.78. The molecule has 4 N–H and O–H groups in total. The molecule has 2 aromatic heterocycles. The Morgan fingerprint density at radius 1 is 1.26 bits per heavy atom. The van der Waals surface area contributed by atoms with E-state index in [1.165, 1.54) is 0 Å². The molecule has 35 heavy (non-hydrogen) atoms. The zero-order valence-corrected chi connectivity index (χ0v) is 17.9. The number of nitrogen functional groups attached to an aromatic ring is 1. The van der Waals surface area contributed by atoms with Crippen molar-refractivity contribution in [2.75, 3.05) is 11.1 Å². The van der Waals surface area contributed by atoms with Crippen LogP contribution in [0, 0.1) is 18.5 Å². The number of anilines is 2. The molecule has 0 aliphatic heterocycles. The van der Waals surface area contributed by atoms with Gasteiger partial charge in [0.15, 0.2) is 6.10 Å². The van der Waals surface area contributed by atoms with Crippen LogP contribution in [0.5, 0.6) is 0 Å². The molecule has 13 heteroatoms. The van der Waals surface area contributed by atoms with Crippen LogP contribution in [0.4, 0.5) is 33.5 Å². The number of hydrogen-bond donors (Lipinski definition) is 3. The van der Waals surface area contributed by atoms with Crippen LogP contribution in [0.25, 0.3) is 16.8 Å². The maximum absolute atomic E-state index is 15.1. The highest BCUT2D eigenvalue weighted by Gasteiger charge is 2.32.